The average Bonchev–Trinajstić information content (AvgIpc) is 2.35. The Hall–Kier alpha value is -0.900. The lowest BCUT2D eigenvalue weighted by molar-refractivity contribution is 0.0276. The summed E-state index contributed by atoms with van der Waals surface area (Å²) in [5.41, 5.74) is 1.29. The second-order valence-electron chi connectivity index (χ2n) is 3.85. The third-order valence-corrected chi connectivity index (χ3v) is 2.64. The average molecular weight is 223 g/mol. The fourth-order valence-corrected chi connectivity index (χ4v) is 1.56. The van der Waals surface area contributed by atoms with E-state index in [9.17, 15) is 0 Å². The first-order chi connectivity index (χ1) is 7.77. The van der Waals surface area contributed by atoms with Gasteiger partial charge in [0.1, 0.15) is 0 Å². The summed E-state index contributed by atoms with van der Waals surface area (Å²) >= 11 is 0. The minimum absolute atomic E-state index is 0.108. The second-order valence-corrected chi connectivity index (χ2v) is 3.85. The van der Waals surface area contributed by atoms with Gasteiger partial charge in [0.15, 0.2) is 0 Å². The van der Waals surface area contributed by atoms with Gasteiger partial charge in [-0.2, -0.15) is 0 Å². The lowest BCUT2D eigenvalue weighted by Crippen LogP contribution is -2.33. The van der Waals surface area contributed by atoms with Gasteiger partial charge in [-0.15, -0.1) is 0 Å². The van der Waals surface area contributed by atoms with E-state index in [4.69, 9.17) is 9.47 Å². The molecule has 0 aliphatic carbocycles. The molecule has 0 bridgehead atoms. The number of hydrogen-bond acceptors (Lipinski definition) is 3. The van der Waals surface area contributed by atoms with Gasteiger partial charge in [0.2, 0.25) is 0 Å². The maximum absolute atomic E-state index is 5.29. The normalized spacial score (nSPS) is 14.7. The Morgan fingerprint density at radius 1 is 1.19 bits per heavy atom. The molecule has 0 fully saturated rings. The minimum Gasteiger partial charge on any atom is -0.382 e. The summed E-state index contributed by atoms with van der Waals surface area (Å²) < 4.78 is 10.4. The van der Waals surface area contributed by atoms with Crippen LogP contribution in [0, 0.1) is 0 Å². The third-order valence-electron chi connectivity index (χ3n) is 2.64. The molecule has 0 radical (unpaired) electrons. The zero-order valence-electron chi connectivity index (χ0n) is 10.3. The van der Waals surface area contributed by atoms with Gasteiger partial charge >= 0.3 is 0 Å². The molecule has 0 saturated heterocycles. The Balaban J connectivity index is 2.37. The first kappa shape index (κ1) is 13.2. The topological polar surface area (TPSA) is 30.5 Å². The molecule has 0 amide bonds. The van der Waals surface area contributed by atoms with Gasteiger partial charge in [-0.25, -0.2) is 0 Å². The smallest absolute Gasteiger partial charge is 0.0928 e. The Bertz CT molecular complexity index is 277. The molecule has 0 spiro atoms. The highest BCUT2D eigenvalue weighted by Crippen LogP contribution is 2.10. The van der Waals surface area contributed by atoms with Gasteiger partial charge in [-0.3, -0.25) is 0 Å². The first-order valence-electron chi connectivity index (χ1n) is 5.58. The van der Waals surface area contributed by atoms with Crippen LogP contribution >= 0.6 is 0 Å². The Labute approximate surface area is 97.8 Å². The van der Waals surface area contributed by atoms with E-state index in [0.717, 1.165) is 6.54 Å². The number of hydrogen-bond donors (Lipinski definition) is 1. The van der Waals surface area contributed by atoms with Crippen molar-refractivity contribution in [1.29, 1.82) is 0 Å². The first-order valence-corrected chi connectivity index (χ1v) is 5.58. The predicted molar refractivity (Wildman–Crippen MR) is 65.5 cm³/mol. The van der Waals surface area contributed by atoms with Crippen molar-refractivity contribution in [2.45, 2.75) is 19.1 Å². The molecular weight excluding hydrogens is 202 g/mol. The Morgan fingerprint density at radius 3 is 2.44 bits per heavy atom. The third kappa shape index (κ3) is 4.31. The fraction of sp³-hybridized carbons (Fsp3) is 0.538. The van der Waals surface area contributed by atoms with Gasteiger partial charge in [-0.1, -0.05) is 30.3 Å². The standard InChI is InChI=1S/C13H21NO2/c1-11(12-7-5-4-6-8-12)14-9-13(16-3)10-15-2/h4-8,11,13-14H,9-10H2,1-3H3. The van der Waals surface area contributed by atoms with Crippen LogP contribution in [0.1, 0.15) is 18.5 Å². The molecule has 3 heteroatoms. The molecule has 0 aliphatic heterocycles. The molecular formula is C13H21NO2. The molecule has 0 aliphatic rings. The summed E-state index contributed by atoms with van der Waals surface area (Å²) in [6.45, 7) is 3.56. The number of rotatable bonds is 7. The van der Waals surface area contributed by atoms with Crippen molar-refractivity contribution in [1.82, 2.24) is 5.32 Å². The lowest BCUT2D eigenvalue weighted by atomic mass is 10.1. The van der Waals surface area contributed by atoms with Gasteiger partial charge in [-0.05, 0) is 12.5 Å². The van der Waals surface area contributed by atoms with E-state index in [1.165, 1.54) is 5.56 Å². The van der Waals surface area contributed by atoms with E-state index in [1.54, 1.807) is 14.2 Å². The van der Waals surface area contributed by atoms with E-state index in [2.05, 4.69) is 36.5 Å². The summed E-state index contributed by atoms with van der Waals surface area (Å²) in [6, 6.07) is 10.7. The van der Waals surface area contributed by atoms with Gasteiger partial charge in [0.05, 0.1) is 12.7 Å². The zero-order valence-corrected chi connectivity index (χ0v) is 10.3. The molecule has 0 saturated carbocycles. The molecule has 1 aromatic rings. The Morgan fingerprint density at radius 2 is 1.88 bits per heavy atom. The predicted octanol–water partition coefficient (Wildman–Crippen LogP) is 2.00. The monoisotopic (exact) mass is 223 g/mol. The van der Waals surface area contributed by atoms with Crippen LogP contribution in [0.2, 0.25) is 0 Å². The molecule has 0 aromatic heterocycles. The summed E-state index contributed by atoms with van der Waals surface area (Å²) in [4.78, 5) is 0. The minimum atomic E-state index is 0.108. The number of benzene rings is 1. The van der Waals surface area contributed by atoms with E-state index in [0.29, 0.717) is 12.6 Å². The number of nitrogens with one attached hydrogen (secondary N) is 1. The van der Waals surface area contributed by atoms with Crippen molar-refractivity contribution in [2.24, 2.45) is 0 Å². The maximum Gasteiger partial charge on any atom is 0.0928 e. The molecule has 1 aromatic carbocycles. The maximum atomic E-state index is 5.29. The molecule has 0 heterocycles. The van der Waals surface area contributed by atoms with Crippen LogP contribution < -0.4 is 5.32 Å². The molecule has 2 atom stereocenters. The van der Waals surface area contributed by atoms with Crippen molar-refractivity contribution in [3.05, 3.63) is 35.9 Å². The van der Waals surface area contributed by atoms with E-state index >= 15 is 0 Å². The number of ether oxygens (including phenoxy) is 2. The highest BCUT2D eigenvalue weighted by molar-refractivity contribution is 5.17. The van der Waals surface area contributed by atoms with Crippen LogP contribution in [-0.2, 0) is 9.47 Å². The highest BCUT2D eigenvalue weighted by Gasteiger charge is 2.09. The summed E-state index contributed by atoms with van der Waals surface area (Å²) in [7, 11) is 3.39. The fourth-order valence-electron chi connectivity index (χ4n) is 1.56. The van der Waals surface area contributed by atoms with Gasteiger partial charge < -0.3 is 14.8 Å². The summed E-state index contributed by atoms with van der Waals surface area (Å²) in [5, 5.41) is 3.43. The largest absolute Gasteiger partial charge is 0.382 e. The van der Waals surface area contributed by atoms with Crippen LogP contribution in [0.3, 0.4) is 0 Å². The second kappa shape index (κ2) is 7.39. The SMILES string of the molecule is COCC(CNC(C)c1ccccc1)OC. The van der Waals surface area contributed by atoms with Crippen LogP contribution in [-0.4, -0.2) is 33.5 Å². The van der Waals surface area contributed by atoms with Crippen molar-refractivity contribution in [3.63, 3.8) is 0 Å². The molecule has 16 heavy (non-hydrogen) atoms. The van der Waals surface area contributed by atoms with Crippen LogP contribution in [0.4, 0.5) is 0 Å². The van der Waals surface area contributed by atoms with Crippen molar-refractivity contribution >= 4 is 0 Å². The van der Waals surface area contributed by atoms with Crippen molar-refractivity contribution in [3.8, 4) is 0 Å². The molecule has 3 nitrogen and oxygen atoms in total. The van der Waals surface area contributed by atoms with Crippen LogP contribution in [0.25, 0.3) is 0 Å². The highest BCUT2D eigenvalue weighted by atomic mass is 16.5. The van der Waals surface area contributed by atoms with Crippen molar-refractivity contribution < 1.29 is 9.47 Å². The summed E-state index contributed by atoms with van der Waals surface area (Å²) in [6.07, 6.45) is 0.108. The van der Waals surface area contributed by atoms with Crippen LogP contribution in [0.15, 0.2) is 30.3 Å². The van der Waals surface area contributed by atoms with Crippen LogP contribution in [0.5, 0.6) is 0 Å². The summed E-state index contributed by atoms with van der Waals surface area (Å²) in [5.74, 6) is 0. The van der Waals surface area contributed by atoms with E-state index in [1.807, 2.05) is 6.07 Å². The molecule has 2 unspecified atom stereocenters. The van der Waals surface area contributed by atoms with E-state index < -0.39 is 0 Å². The lowest BCUT2D eigenvalue weighted by Gasteiger charge is -2.19. The number of methoxy groups -OCH3 is 2. The van der Waals surface area contributed by atoms with E-state index in [-0.39, 0.29) is 6.10 Å². The molecule has 1 rings (SSSR count). The van der Waals surface area contributed by atoms with Crippen molar-refractivity contribution in [2.75, 3.05) is 27.4 Å². The molecule has 90 valence electrons. The quantitative estimate of drug-likeness (QED) is 0.767. The van der Waals surface area contributed by atoms with Gasteiger partial charge in [0.25, 0.3) is 0 Å². The van der Waals surface area contributed by atoms with Gasteiger partial charge in [0, 0.05) is 26.8 Å². The molecule has 1 N–H and O–H groups in total. The zero-order chi connectivity index (χ0) is 11.8. The Kier molecular flexibility index (Phi) is 6.08.